The van der Waals surface area contributed by atoms with E-state index in [9.17, 15) is 0 Å². The summed E-state index contributed by atoms with van der Waals surface area (Å²) in [6, 6.07) is 37.2. The van der Waals surface area contributed by atoms with Gasteiger partial charge >= 0.3 is 0 Å². The van der Waals surface area contributed by atoms with Gasteiger partial charge in [0.1, 0.15) is 22.4 Å². The number of pyridine rings is 1. The maximum atomic E-state index is 8.70. The van der Waals surface area contributed by atoms with Gasteiger partial charge in [0.25, 0.3) is 0 Å². The first-order valence-electron chi connectivity index (χ1n) is 20.9. The lowest BCUT2D eigenvalue weighted by Crippen LogP contribution is -2.10. The summed E-state index contributed by atoms with van der Waals surface area (Å²) in [4.78, 5) is 15.4. The highest BCUT2D eigenvalue weighted by Gasteiger charge is 2.28. The molecule has 4 aromatic heterocycles. The van der Waals surface area contributed by atoms with E-state index in [0.717, 1.165) is 44.0 Å². The first kappa shape index (κ1) is 31.0. The number of benzene rings is 6. The Hall–Kier alpha value is -6.27. The first-order valence-corrected chi connectivity index (χ1v) is 19.4. The number of aromatic nitrogens is 4. The van der Waals surface area contributed by atoms with Crippen molar-refractivity contribution >= 4 is 65.9 Å². The monoisotopic (exact) mass is 735 g/mol. The topological polar surface area (TPSA) is 69.9 Å². The van der Waals surface area contributed by atoms with Gasteiger partial charge in [-0.1, -0.05) is 115 Å². The van der Waals surface area contributed by atoms with Crippen molar-refractivity contribution in [2.45, 2.75) is 72.6 Å². The van der Waals surface area contributed by atoms with E-state index in [2.05, 4.69) is 126 Å². The summed E-state index contributed by atoms with van der Waals surface area (Å²) in [6.07, 6.45) is 0. The molecule has 0 aliphatic rings. The number of aryl methyl sites for hydroxylation is 1. The molecule has 0 bridgehead atoms. The smallest absolute Gasteiger partial charge is 0.228 e. The lowest BCUT2D eigenvalue weighted by Gasteiger charge is -2.24. The quantitative estimate of drug-likeness (QED) is 0.176. The number of imidazole rings is 1. The number of nitrogens with zero attached hydrogens (tertiary/aromatic N) is 4. The predicted octanol–water partition coefficient (Wildman–Crippen LogP) is 14.0. The molecule has 4 heterocycles. The van der Waals surface area contributed by atoms with E-state index in [0.29, 0.717) is 56.0 Å². The Bertz CT molecular complexity index is 3280. The van der Waals surface area contributed by atoms with Crippen LogP contribution in [0.1, 0.15) is 87.0 Å². The molecule has 0 N–H and O–H groups in total. The zero-order valence-corrected chi connectivity index (χ0v) is 32.7. The molecule has 0 atom stereocenters. The van der Waals surface area contributed by atoms with Gasteiger partial charge in [-0.05, 0) is 94.4 Å². The van der Waals surface area contributed by atoms with Crippen LogP contribution < -0.4 is 0 Å². The van der Waals surface area contributed by atoms with Gasteiger partial charge in [0.15, 0.2) is 5.58 Å². The van der Waals surface area contributed by atoms with Crippen molar-refractivity contribution in [1.29, 1.82) is 0 Å². The van der Waals surface area contributed by atoms with Crippen LogP contribution in [0, 0.1) is 6.85 Å². The van der Waals surface area contributed by atoms with Gasteiger partial charge in [-0.3, -0.25) is 4.57 Å². The molecule has 6 heteroatoms. The van der Waals surface area contributed by atoms with Crippen molar-refractivity contribution in [3.05, 3.63) is 132 Å². The van der Waals surface area contributed by atoms with E-state index in [1.54, 1.807) is 6.07 Å². The lowest BCUT2D eigenvalue weighted by molar-refractivity contribution is 0.411. The molecule has 56 heavy (non-hydrogen) atoms. The minimum atomic E-state index is -2.43. The van der Waals surface area contributed by atoms with E-state index >= 15 is 0 Å². The number of fused-ring (bicyclic) bond motifs is 9. The van der Waals surface area contributed by atoms with Gasteiger partial charge in [-0.2, -0.15) is 0 Å². The molecule has 0 fully saturated rings. The molecule has 0 saturated heterocycles. The molecule has 6 nitrogen and oxygen atoms in total. The van der Waals surface area contributed by atoms with Gasteiger partial charge in [0.2, 0.25) is 11.6 Å². The van der Waals surface area contributed by atoms with Crippen LogP contribution in [-0.2, 0) is 5.41 Å². The zero-order valence-electron chi connectivity index (χ0n) is 35.7. The van der Waals surface area contributed by atoms with Gasteiger partial charge in [0, 0.05) is 31.1 Å². The van der Waals surface area contributed by atoms with Crippen LogP contribution in [0.15, 0.2) is 118 Å². The average molecular weight is 736 g/mol. The Morgan fingerprint density at radius 1 is 0.661 bits per heavy atom. The van der Waals surface area contributed by atoms with Gasteiger partial charge < -0.3 is 8.83 Å². The summed E-state index contributed by atoms with van der Waals surface area (Å²) in [7, 11) is 0. The maximum absolute atomic E-state index is 8.70. The van der Waals surface area contributed by atoms with Crippen LogP contribution in [0.5, 0.6) is 0 Å². The first-order chi connectivity index (χ1) is 28.2. The van der Waals surface area contributed by atoms with E-state index in [1.807, 2.05) is 30.3 Å². The normalized spacial score (nSPS) is 13.6. The number of oxazole rings is 1. The van der Waals surface area contributed by atoms with Crippen molar-refractivity contribution in [1.82, 2.24) is 19.5 Å². The molecule has 0 amide bonds. The minimum Gasteiger partial charge on any atom is -0.440 e. The fourth-order valence-corrected chi connectivity index (χ4v) is 8.27. The summed E-state index contributed by atoms with van der Waals surface area (Å²) >= 11 is 0. The van der Waals surface area contributed by atoms with E-state index < -0.39 is 6.85 Å². The second-order valence-corrected chi connectivity index (χ2v) is 16.7. The maximum Gasteiger partial charge on any atom is 0.228 e. The molecule has 0 unspecified atom stereocenters. The fraction of sp³-hybridized carbons (Fsp3) is 0.220. The van der Waals surface area contributed by atoms with Gasteiger partial charge in [0.05, 0.1) is 22.3 Å². The average Bonchev–Trinajstić information content (AvgIpc) is 3.93. The fourth-order valence-electron chi connectivity index (χ4n) is 8.27. The highest BCUT2D eigenvalue weighted by Crippen LogP contribution is 2.45. The largest absolute Gasteiger partial charge is 0.440 e. The van der Waals surface area contributed by atoms with Crippen molar-refractivity contribution < 1.29 is 12.9 Å². The number of furan rings is 1. The summed E-state index contributed by atoms with van der Waals surface area (Å²) in [5, 5.41) is 4.09. The van der Waals surface area contributed by atoms with E-state index in [-0.39, 0.29) is 22.8 Å². The highest BCUT2D eigenvalue weighted by molar-refractivity contribution is 6.15. The molecule has 0 aliphatic heterocycles. The Kier molecular flexibility index (Phi) is 6.85. The van der Waals surface area contributed by atoms with Crippen molar-refractivity contribution in [3.8, 4) is 28.2 Å². The molecular weight excluding hydrogens is 689 g/mol. The zero-order chi connectivity index (χ0) is 41.1. The van der Waals surface area contributed by atoms with Crippen LogP contribution in [0.4, 0.5) is 0 Å². The minimum absolute atomic E-state index is 0.152. The third-order valence-corrected chi connectivity index (χ3v) is 11.1. The summed E-state index contributed by atoms with van der Waals surface area (Å²) in [5.74, 6) is 1.58. The molecular formula is C50H44N4O2. The second kappa shape index (κ2) is 12.4. The van der Waals surface area contributed by atoms with Crippen molar-refractivity contribution in [3.63, 3.8) is 0 Å². The van der Waals surface area contributed by atoms with Crippen molar-refractivity contribution in [2.24, 2.45) is 0 Å². The van der Waals surface area contributed by atoms with Gasteiger partial charge in [-0.15, -0.1) is 0 Å². The number of rotatable bonds is 5. The molecule has 0 spiro atoms. The lowest BCUT2D eigenvalue weighted by atomic mass is 9.88. The van der Waals surface area contributed by atoms with Crippen LogP contribution in [-0.4, -0.2) is 19.5 Å². The molecule has 0 aliphatic carbocycles. The molecule has 10 rings (SSSR count). The third kappa shape index (κ3) is 5.19. The molecule has 6 aromatic carbocycles. The Morgan fingerprint density at radius 2 is 1.39 bits per heavy atom. The summed E-state index contributed by atoms with van der Waals surface area (Å²) in [6.45, 7) is 12.7. The Labute approximate surface area is 330 Å². The van der Waals surface area contributed by atoms with Gasteiger partial charge in [-0.25, -0.2) is 15.0 Å². The van der Waals surface area contributed by atoms with Crippen LogP contribution in [0.2, 0.25) is 0 Å². The molecule has 276 valence electrons. The third-order valence-electron chi connectivity index (χ3n) is 11.1. The SMILES string of the molecule is [2H]C([2H])([2H])c1ccc(-c2nc3ccc4ccccc4c3n2-c2c(C(C)C)cc(-c3ccccc3)cc2C(C)C)c2oc3nc4c(ccc5oc(C(C)(C)C)nc54)cc3c12. The Morgan fingerprint density at radius 3 is 2.12 bits per heavy atom. The Balaban J connectivity index is 1.34. The molecule has 10 aromatic rings. The highest BCUT2D eigenvalue weighted by atomic mass is 16.4. The summed E-state index contributed by atoms with van der Waals surface area (Å²) in [5.41, 5.74) is 10.8. The second-order valence-electron chi connectivity index (χ2n) is 16.7. The van der Waals surface area contributed by atoms with E-state index in [1.165, 1.54) is 11.1 Å². The van der Waals surface area contributed by atoms with E-state index in [4.69, 9.17) is 27.9 Å². The van der Waals surface area contributed by atoms with Crippen LogP contribution >= 0.6 is 0 Å². The molecule has 0 radical (unpaired) electrons. The van der Waals surface area contributed by atoms with Crippen molar-refractivity contribution in [2.75, 3.05) is 0 Å². The number of hydrogen-bond donors (Lipinski definition) is 0. The van der Waals surface area contributed by atoms with Crippen LogP contribution in [0.3, 0.4) is 0 Å². The standard InChI is InChI=1S/C50H44N4O2/c1-27(2)36-25-33(30-14-10-9-11-15-30)26-37(28(3)4)44(36)54-45-34-17-13-12-16-31(34)19-22-39(45)51-47(54)35-21-18-29(5)41-38-24-32-20-23-40-43(53-49(55-40)50(6,7)8)42(32)52-48(38)56-46(35)41/h9-28H,1-8H3/i5D3. The predicted molar refractivity (Wildman–Crippen MR) is 231 cm³/mol. The molecule has 0 saturated carbocycles. The van der Waals surface area contributed by atoms with Crippen LogP contribution in [0.25, 0.3) is 94.1 Å². The summed E-state index contributed by atoms with van der Waals surface area (Å²) < 4.78 is 41.4. The number of hydrogen-bond acceptors (Lipinski definition) is 5.